The molecule has 8 heteroatoms. The summed E-state index contributed by atoms with van der Waals surface area (Å²) in [4.78, 5) is -0.0380. The highest BCUT2D eigenvalue weighted by Crippen LogP contribution is 2.34. The molecule has 0 spiro atoms. The number of nitrogens with zero attached hydrogens (tertiary/aromatic N) is 1. The molecular weight excluding hydrogens is 372 g/mol. The molecule has 0 radical (unpaired) electrons. The minimum atomic E-state index is -3.79. The number of hydrogen-bond acceptors (Lipinski definition) is 4. The van der Waals surface area contributed by atoms with Gasteiger partial charge in [-0.1, -0.05) is 33.3 Å². The zero-order valence-corrected chi connectivity index (χ0v) is 17.8. The van der Waals surface area contributed by atoms with Gasteiger partial charge in [-0.15, -0.1) is 0 Å². The largest absolute Gasteiger partial charge is 0.242 e. The van der Waals surface area contributed by atoms with E-state index in [1.54, 1.807) is 0 Å². The van der Waals surface area contributed by atoms with E-state index in [-0.39, 0.29) is 21.8 Å². The molecule has 2 rings (SSSR count). The summed E-state index contributed by atoms with van der Waals surface area (Å²) in [5, 5.41) is 0. The third-order valence-corrected chi connectivity index (χ3v) is 8.52. The summed E-state index contributed by atoms with van der Waals surface area (Å²) in [7, 11) is -4.63. The number of sulfonamides is 2. The van der Waals surface area contributed by atoms with Crippen LogP contribution in [0.2, 0.25) is 0 Å². The van der Waals surface area contributed by atoms with Crippen molar-refractivity contribution in [2.45, 2.75) is 55.9 Å². The van der Waals surface area contributed by atoms with Crippen LogP contribution in [0.4, 0.5) is 0 Å². The summed E-state index contributed by atoms with van der Waals surface area (Å²) in [5.41, 5.74) is 0. The smallest absolute Gasteiger partial charge is 0.208 e. The predicted octanol–water partition coefficient (Wildman–Crippen LogP) is 2.68. The molecule has 0 heterocycles. The zero-order chi connectivity index (χ0) is 19.7. The Bertz CT molecular complexity index is 833. The molecule has 1 fully saturated rings. The normalized spacial score (nSPS) is 25.0. The fraction of sp³-hybridized carbons (Fsp3) is 0.667. The first-order valence-corrected chi connectivity index (χ1v) is 11.9. The van der Waals surface area contributed by atoms with Gasteiger partial charge in [-0.3, -0.25) is 0 Å². The minimum Gasteiger partial charge on any atom is -0.208 e. The first kappa shape index (κ1) is 21.3. The number of hydrogen-bond donors (Lipinski definition) is 1. The van der Waals surface area contributed by atoms with Gasteiger partial charge in [0, 0.05) is 20.1 Å². The first-order valence-electron chi connectivity index (χ1n) is 9.00. The fourth-order valence-electron chi connectivity index (χ4n) is 3.62. The molecule has 0 aromatic heterocycles. The lowest BCUT2D eigenvalue weighted by molar-refractivity contribution is 0.188. The number of nitrogens with one attached hydrogen (secondary N) is 1. The highest BCUT2D eigenvalue weighted by molar-refractivity contribution is 7.90. The van der Waals surface area contributed by atoms with Crippen LogP contribution in [0, 0.1) is 17.8 Å². The van der Waals surface area contributed by atoms with Crippen molar-refractivity contribution in [3.8, 4) is 0 Å². The van der Waals surface area contributed by atoms with Crippen molar-refractivity contribution in [1.29, 1.82) is 0 Å². The van der Waals surface area contributed by atoms with Crippen LogP contribution in [0.3, 0.4) is 0 Å². The molecule has 6 nitrogen and oxygen atoms in total. The molecule has 0 unspecified atom stereocenters. The van der Waals surface area contributed by atoms with E-state index in [9.17, 15) is 16.8 Å². The Balaban J connectivity index is 2.33. The van der Waals surface area contributed by atoms with Gasteiger partial charge in [-0.2, -0.15) is 0 Å². The molecule has 1 aromatic carbocycles. The van der Waals surface area contributed by atoms with Crippen LogP contribution in [-0.2, 0) is 20.0 Å². The van der Waals surface area contributed by atoms with Crippen molar-refractivity contribution in [1.82, 2.24) is 9.03 Å². The van der Waals surface area contributed by atoms with Gasteiger partial charge in [0.1, 0.15) is 0 Å². The summed E-state index contributed by atoms with van der Waals surface area (Å²) in [6.45, 7) is 6.38. The van der Waals surface area contributed by atoms with E-state index in [0.717, 1.165) is 23.6 Å². The minimum absolute atomic E-state index is 0.0128. The van der Waals surface area contributed by atoms with E-state index in [4.69, 9.17) is 0 Å². The average molecular weight is 403 g/mol. The Morgan fingerprint density at radius 1 is 1.08 bits per heavy atom. The van der Waals surface area contributed by atoms with Gasteiger partial charge in [0.25, 0.3) is 0 Å². The molecule has 3 atom stereocenters. The van der Waals surface area contributed by atoms with Gasteiger partial charge in [0.2, 0.25) is 20.0 Å². The number of benzene rings is 1. The van der Waals surface area contributed by atoms with Gasteiger partial charge in [0.15, 0.2) is 0 Å². The van der Waals surface area contributed by atoms with E-state index >= 15 is 0 Å². The van der Waals surface area contributed by atoms with E-state index in [0.29, 0.717) is 11.8 Å². The molecule has 1 aliphatic rings. The molecule has 0 aliphatic heterocycles. The Morgan fingerprint density at radius 2 is 1.69 bits per heavy atom. The average Bonchev–Trinajstić information content (AvgIpc) is 2.54. The van der Waals surface area contributed by atoms with Crippen molar-refractivity contribution in [3.05, 3.63) is 24.3 Å². The molecule has 26 heavy (non-hydrogen) atoms. The van der Waals surface area contributed by atoms with Crippen molar-refractivity contribution >= 4 is 20.0 Å². The standard InChI is InChI=1S/C18H30N2O4S2/c1-13(2)17-10-9-14(3)11-18(17)19-25(21,22)15-7-6-8-16(12-15)26(23,24)20(4)5/h6-8,12-14,17-19H,9-11H2,1-5H3/t14-,17-,18+/m0/s1. The Labute approximate surface area is 158 Å². The molecule has 0 amide bonds. The zero-order valence-electron chi connectivity index (χ0n) is 16.1. The summed E-state index contributed by atoms with van der Waals surface area (Å²) in [5.74, 6) is 1.14. The van der Waals surface area contributed by atoms with Crippen LogP contribution in [0.1, 0.15) is 40.0 Å². The van der Waals surface area contributed by atoms with Crippen molar-refractivity contribution in [2.24, 2.45) is 17.8 Å². The van der Waals surface area contributed by atoms with Crippen LogP contribution < -0.4 is 4.72 Å². The second-order valence-electron chi connectivity index (χ2n) is 7.82. The SMILES string of the molecule is CC(C)[C@@H]1CC[C@H](C)C[C@H]1NS(=O)(=O)c1cccc(S(=O)(=O)N(C)C)c1. The summed E-state index contributed by atoms with van der Waals surface area (Å²) < 4.78 is 54.3. The van der Waals surface area contributed by atoms with Crippen LogP contribution in [0.5, 0.6) is 0 Å². The van der Waals surface area contributed by atoms with Crippen molar-refractivity contribution < 1.29 is 16.8 Å². The Morgan fingerprint density at radius 3 is 2.27 bits per heavy atom. The molecule has 1 aliphatic carbocycles. The molecule has 1 N–H and O–H groups in total. The van der Waals surface area contributed by atoms with Crippen molar-refractivity contribution in [3.63, 3.8) is 0 Å². The van der Waals surface area contributed by atoms with Crippen LogP contribution in [-0.4, -0.2) is 41.3 Å². The maximum atomic E-state index is 12.9. The first-order chi connectivity index (χ1) is 11.9. The lowest BCUT2D eigenvalue weighted by Crippen LogP contribution is -2.45. The molecule has 148 valence electrons. The van der Waals surface area contributed by atoms with E-state index < -0.39 is 20.0 Å². The summed E-state index contributed by atoms with van der Waals surface area (Å²) >= 11 is 0. The van der Waals surface area contributed by atoms with Gasteiger partial charge in [0.05, 0.1) is 9.79 Å². The maximum absolute atomic E-state index is 12.9. The van der Waals surface area contributed by atoms with Crippen LogP contribution in [0.25, 0.3) is 0 Å². The summed E-state index contributed by atoms with van der Waals surface area (Å²) in [6, 6.07) is 5.42. The summed E-state index contributed by atoms with van der Waals surface area (Å²) in [6.07, 6.45) is 2.91. The van der Waals surface area contributed by atoms with Gasteiger partial charge < -0.3 is 0 Å². The van der Waals surface area contributed by atoms with E-state index in [1.807, 2.05) is 0 Å². The lowest BCUT2D eigenvalue weighted by Gasteiger charge is -2.37. The van der Waals surface area contributed by atoms with Crippen LogP contribution in [0.15, 0.2) is 34.1 Å². The predicted molar refractivity (Wildman–Crippen MR) is 103 cm³/mol. The van der Waals surface area contributed by atoms with E-state index in [2.05, 4.69) is 25.5 Å². The van der Waals surface area contributed by atoms with Crippen molar-refractivity contribution in [2.75, 3.05) is 14.1 Å². The lowest BCUT2D eigenvalue weighted by atomic mass is 9.74. The van der Waals surface area contributed by atoms with Gasteiger partial charge in [-0.05, 0) is 48.8 Å². The second-order valence-corrected chi connectivity index (χ2v) is 11.7. The topological polar surface area (TPSA) is 83.5 Å². The monoisotopic (exact) mass is 402 g/mol. The van der Waals surface area contributed by atoms with Crippen LogP contribution >= 0.6 is 0 Å². The Hall–Kier alpha value is -0.960. The third-order valence-electron chi connectivity index (χ3n) is 5.22. The van der Waals surface area contributed by atoms with E-state index in [1.165, 1.54) is 38.4 Å². The second kappa shape index (κ2) is 7.96. The number of rotatable bonds is 6. The van der Waals surface area contributed by atoms with Gasteiger partial charge >= 0.3 is 0 Å². The maximum Gasteiger partial charge on any atom is 0.242 e. The molecule has 1 aromatic rings. The molecular formula is C18H30N2O4S2. The quantitative estimate of drug-likeness (QED) is 0.793. The highest BCUT2D eigenvalue weighted by Gasteiger charge is 2.34. The molecule has 1 saturated carbocycles. The van der Waals surface area contributed by atoms with Gasteiger partial charge in [-0.25, -0.2) is 25.9 Å². The molecule has 0 bridgehead atoms. The Kier molecular flexibility index (Phi) is 6.53. The highest BCUT2D eigenvalue weighted by atomic mass is 32.2. The molecule has 0 saturated heterocycles. The fourth-order valence-corrected chi connectivity index (χ4v) is 5.99. The third kappa shape index (κ3) is 4.65.